The smallest absolute Gasteiger partial charge is 0.262 e. The molecule has 3 aromatic carbocycles. The van der Waals surface area contributed by atoms with Crippen molar-refractivity contribution in [2.75, 3.05) is 64.4 Å². The molecule has 2 bridgehead atoms. The molecular weight excluding hydrogens is 714 g/mol. The van der Waals surface area contributed by atoms with E-state index < -0.39 is 11.7 Å². The molecule has 11 heteroatoms. The largest absolute Gasteiger partial charge is 1.00 e. The molecule has 4 heterocycles. The third-order valence-corrected chi connectivity index (χ3v) is 11.6. The van der Waals surface area contributed by atoms with Crippen molar-refractivity contribution >= 4 is 11.6 Å². The Hall–Kier alpha value is -3.19. The maximum atomic E-state index is 12.0. The zero-order valence-corrected chi connectivity index (χ0v) is 30.9. The lowest BCUT2D eigenvalue weighted by molar-refractivity contribution is -0.946. The van der Waals surface area contributed by atoms with E-state index in [0.29, 0.717) is 42.7 Å². The van der Waals surface area contributed by atoms with Crippen LogP contribution in [0.4, 0.5) is 5.69 Å². The summed E-state index contributed by atoms with van der Waals surface area (Å²) in [5.41, 5.74) is 2.02. The second kappa shape index (κ2) is 16.7. The summed E-state index contributed by atoms with van der Waals surface area (Å²) in [6.45, 7) is 6.10. The number of benzene rings is 3. The van der Waals surface area contributed by atoms with Gasteiger partial charge in [-0.1, -0.05) is 55.3 Å². The van der Waals surface area contributed by atoms with Crippen LogP contribution in [-0.4, -0.2) is 90.9 Å². The van der Waals surface area contributed by atoms with Gasteiger partial charge in [-0.15, -0.1) is 0 Å². The van der Waals surface area contributed by atoms with Crippen molar-refractivity contribution in [1.82, 2.24) is 5.32 Å². The topological polar surface area (TPSA) is 130 Å². The van der Waals surface area contributed by atoms with E-state index in [9.17, 15) is 20.1 Å². The highest BCUT2D eigenvalue weighted by molar-refractivity contribution is 5.96. The molecule has 0 unspecified atom stereocenters. The summed E-state index contributed by atoms with van der Waals surface area (Å²) in [5.74, 6) is 1.73. The van der Waals surface area contributed by atoms with Gasteiger partial charge in [0.05, 0.1) is 31.5 Å². The SMILES string of the molecule is O=C1COc2c(cc(O)cc2[C@@H](O)CNCCc2ccc(OCC[N+]34CCC(CC3)[C@@H](OC[C@@](O)(c3ccccc3)C3CCCC3)C4)cc2)N1.[Br-]. The van der Waals surface area contributed by atoms with Crippen LogP contribution in [0.15, 0.2) is 66.7 Å². The highest BCUT2D eigenvalue weighted by Crippen LogP contribution is 2.43. The minimum Gasteiger partial charge on any atom is -1.00 e. The molecule has 5 N–H and O–H groups in total. The van der Waals surface area contributed by atoms with Crippen LogP contribution in [0.25, 0.3) is 0 Å². The van der Waals surface area contributed by atoms with Crippen LogP contribution in [-0.2, 0) is 21.6 Å². The van der Waals surface area contributed by atoms with Gasteiger partial charge in [-0.2, -0.15) is 0 Å². The van der Waals surface area contributed by atoms with E-state index in [1.807, 2.05) is 30.3 Å². The molecule has 3 aromatic rings. The lowest BCUT2D eigenvalue weighted by atomic mass is 9.80. The molecule has 4 aliphatic heterocycles. The van der Waals surface area contributed by atoms with Gasteiger partial charge in [0.25, 0.3) is 5.91 Å². The zero-order chi connectivity index (χ0) is 34.6. The van der Waals surface area contributed by atoms with Gasteiger partial charge >= 0.3 is 0 Å². The molecular formula is C40H52BrN3O7. The first-order valence-electron chi connectivity index (χ1n) is 18.4. The van der Waals surface area contributed by atoms with Crippen LogP contribution < -0.4 is 37.1 Å². The number of carbonyl (C=O) groups excluding carboxylic acids is 1. The van der Waals surface area contributed by atoms with Gasteiger partial charge < -0.3 is 61.6 Å². The van der Waals surface area contributed by atoms with Crippen molar-refractivity contribution in [2.45, 2.75) is 62.8 Å². The van der Waals surface area contributed by atoms with Gasteiger partial charge in [-0.3, -0.25) is 4.79 Å². The van der Waals surface area contributed by atoms with E-state index in [-0.39, 0.29) is 53.8 Å². The minimum atomic E-state index is -0.926. The minimum absolute atomic E-state index is 0. The van der Waals surface area contributed by atoms with Crippen molar-refractivity contribution < 1.29 is 55.8 Å². The summed E-state index contributed by atoms with van der Waals surface area (Å²) in [6, 6.07) is 21.3. The molecule has 4 fully saturated rings. The van der Waals surface area contributed by atoms with Gasteiger partial charge in [0.1, 0.15) is 48.6 Å². The number of hydrogen-bond donors (Lipinski definition) is 5. The summed E-state index contributed by atoms with van der Waals surface area (Å²) < 4.78 is 19.5. The summed E-state index contributed by atoms with van der Waals surface area (Å²) in [6.07, 6.45) is 6.86. The third kappa shape index (κ3) is 8.72. The molecule has 5 aliphatic rings. The fraction of sp³-hybridized carbons (Fsp3) is 0.525. The number of phenols is 1. The molecule has 0 spiro atoms. The number of hydrogen-bond acceptors (Lipinski definition) is 8. The maximum Gasteiger partial charge on any atom is 0.262 e. The highest BCUT2D eigenvalue weighted by Gasteiger charge is 2.48. The molecule has 10 nitrogen and oxygen atoms in total. The van der Waals surface area contributed by atoms with Gasteiger partial charge in [0.15, 0.2) is 6.61 Å². The number of aliphatic hydroxyl groups is 2. The first kappa shape index (κ1) is 37.6. The number of amides is 1. The number of fused-ring (bicyclic) bond motifs is 4. The molecule has 51 heavy (non-hydrogen) atoms. The monoisotopic (exact) mass is 765 g/mol. The molecule has 1 aliphatic carbocycles. The van der Waals surface area contributed by atoms with Crippen molar-refractivity contribution in [2.24, 2.45) is 11.8 Å². The number of nitrogens with one attached hydrogen (secondary N) is 2. The van der Waals surface area contributed by atoms with Gasteiger partial charge in [-0.05, 0) is 61.1 Å². The summed E-state index contributed by atoms with van der Waals surface area (Å²) >= 11 is 0. The Morgan fingerprint density at radius 3 is 2.51 bits per heavy atom. The number of anilines is 1. The maximum absolute atomic E-state index is 12.0. The average Bonchev–Trinajstić information content (AvgIpc) is 3.69. The standard InChI is InChI=1S/C40H51N3O7.BrH/c44-32-22-34(39-35(23-32)42-38(46)26-49-39)36(45)24-41-17-14-28-10-12-33(13-11-28)48-21-20-43-18-15-29(16-19-43)37(25-43)50-27-40(47,31-8-4-5-9-31)30-6-2-1-3-7-30;/h1-3,6-7,10-13,22-23,29,31,36-37,41,45,47H,4-5,8-9,14-21,24-27H2,(H-,42,44,46);1H/t29?,36-,37-,40+,43?;/m0./s1. The number of nitrogens with zero attached hydrogens (tertiary/aromatic N) is 1. The lowest BCUT2D eigenvalue weighted by Crippen LogP contribution is -3.00. The number of phenolic OH excluding ortho intramolecular Hbond substituents is 1. The van der Waals surface area contributed by atoms with Gasteiger partial charge in [0.2, 0.25) is 0 Å². The highest BCUT2D eigenvalue weighted by atomic mass is 79.9. The first-order chi connectivity index (χ1) is 24.3. The number of piperidine rings is 3. The van der Waals surface area contributed by atoms with Crippen LogP contribution in [0, 0.1) is 11.8 Å². The van der Waals surface area contributed by atoms with Crippen LogP contribution in [0.5, 0.6) is 17.2 Å². The van der Waals surface area contributed by atoms with E-state index in [2.05, 4.69) is 34.9 Å². The lowest BCUT2D eigenvalue weighted by Gasteiger charge is -2.52. The zero-order valence-electron chi connectivity index (χ0n) is 29.3. The Bertz CT molecular complexity index is 1600. The molecule has 276 valence electrons. The summed E-state index contributed by atoms with van der Waals surface area (Å²) in [5, 5.41) is 38.8. The number of ether oxygens (including phenoxy) is 3. The first-order valence-corrected chi connectivity index (χ1v) is 18.4. The molecule has 0 aromatic heterocycles. The van der Waals surface area contributed by atoms with Gasteiger partial charge in [-0.25, -0.2) is 0 Å². The number of halogens is 1. The predicted octanol–water partition coefficient (Wildman–Crippen LogP) is 1.68. The summed E-state index contributed by atoms with van der Waals surface area (Å²) in [4.78, 5) is 11.6. The molecule has 3 saturated heterocycles. The number of rotatable bonds is 15. The van der Waals surface area contributed by atoms with Crippen LogP contribution in [0.2, 0.25) is 0 Å². The van der Waals surface area contributed by atoms with E-state index in [0.717, 1.165) is 66.8 Å². The van der Waals surface area contributed by atoms with Gasteiger partial charge in [0, 0.05) is 36.9 Å². The Morgan fingerprint density at radius 1 is 1.02 bits per heavy atom. The number of aliphatic hydroxyl groups excluding tert-OH is 1. The Morgan fingerprint density at radius 2 is 1.76 bits per heavy atom. The molecule has 1 amide bonds. The van der Waals surface area contributed by atoms with E-state index in [1.165, 1.54) is 37.8 Å². The van der Waals surface area contributed by atoms with E-state index >= 15 is 0 Å². The normalized spacial score (nSPS) is 24.5. The Kier molecular flexibility index (Phi) is 12.3. The fourth-order valence-corrected chi connectivity index (χ4v) is 8.68. The van der Waals surface area contributed by atoms with Crippen molar-refractivity contribution in [3.63, 3.8) is 0 Å². The second-order valence-electron chi connectivity index (χ2n) is 14.9. The predicted molar refractivity (Wildman–Crippen MR) is 190 cm³/mol. The van der Waals surface area contributed by atoms with Crippen molar-refractivity contribution in [3.05, 3.63) is 83.4 Å². The second-order valence-corrected chi connectivity index (χ2v) is 14.9. The number of quaternary nitrogens is 1. The fourth-order valence-electron chi connectivity index (χ4n) is 8.68. The molecule has 0 radical (unpaired) electrons. The molecule has 1 saturated carbocycles. The Labute approximate surface area is 311 Å². The Balaban J connectivity index is 0.00000448. The quantitative estimate of drug-likeness (QED) is 0.117. The number of carbonyl (C=O) groups is 1. The van der Waals surface area contributed by atoms with E-state index in [4.69, 9.17) is 14.2 Å². The summed E-state index contributed by atoms with van der Waals surface area (Å²) in [7, 11) is 0. The average molecular weight is 767 g/mol. The third-order valence-electron chi connectivity index (χ3n) is 11.6. The van der Waals surface area contributed by atoms with Crippen LogP contribution in [0.3, 0.4) is 0 Å². The van der Waals surface area contributed by atoms with Crippen LogP contribution >= 0.6 is 0 Å². The number of aromatic hydroxyl groups is 1. The van der Waals surface area contributed by atoms with Crippen molar-refractivity contribution in [1.29, 1.82) is 0 Å². The van der Waals surface area contributed by atoms with Crippen molar-refractivity contribution in [3.8, 4) is 17.2 Å². The molecule has 3 atom stereocenters. The van der Waals surface area contributed by atoms with Crippen LogP contribution in [0.1, 0.15) is 61.3 Å². The van der Waals surface area contributed by atoms with E-state index in [1.54, 1.807) is 0 Å². The molecule has 8 rings (SSSR count).